The fraction of sp³-hybridized carbons (Fsp3) is 0.700. The Balaban J connectivity index is 3.52. The van der Waals surface area contributed by atoms with E-state index in [-0.39, 0.29) is 0 Å². The summed E-state index contributed by atoms with van der Waals surface area (Å²) in [4.78, 5) is 4.31. The lowest BCUT2D eigenvalue weighted by Gasteiger charge is -1.98. The first kappa shape index (κ1) is 10.4. The minimum atomic E-state index is 0.882. The van der Waals surface area contributed by atoms with Gasteiger partial charge in [-0.2, -0.15) is 0 Å². The lowest BCUT2D eigenvalue weighted by molar-refractivity contribution is 0.741. The van der Waals surface area contributed by atoms with Gasteiger partial charge in [0.15, 0.2) is 0 Å². The zero-order chi connectivity index (χ0) is 8.53. The normalized spacial score (nSPS) is 11.6. The molecule has 0 N–H and O–H groups in total. The van der Waals surface area contributed by atoms with E-state index in [1.807, 2.05) is 6.08 Å². The fourth-order valence-electron chi connectivity index (χ4n) is 1.00. The minimum Gasteiger partial charge on any atom is -0.290 e. The van der Waals surface area contributed by atoms with Crippen molar-refractivity contribution in [3.8, 4) is 0 Å². The minimum absolute atomic E-state index is 0.882. The van der Waals surface area contributed by atoms with Gasteiger partial charge in [0.05, 0.1) is 0 Å². The number of rotatable bonds is 6. The number of unbranched alkanes of at least 4 members (excludes halogenated alkanes) is 2. The Morgan fingerprint density at radius 3 is 2.55 bits per heavy atom. The third-order valence-electron chi connectivity index (χ3n) is 1.63. The third kappa shape index (κ3) is 5.84. The summed E-state index contributed by atoms with van der Waals surface area (Å²) >= 11 is 0. The Hall–Kier alpha value is -0.590. The van der Waals surface area contributed by atoms with Crippen LogP contribution in [0.3, 0.4) is 0 Å². The highest BCUT2D eigenvalue weighted by atomic mass is 14.7. The Kier molecular flexibility index (Phi) is 7.11. The van der Waals surface area contributed by atoms with Crippen molar-refractivity contribution in [2.45, 2.75) is 39.5 Å². The molecule has 0 spiro atoms. The summed E-state index contributed by atoms with van der Waals surface area (Å²) in [6, 6.07) is 0. The van der Waals surface area contributed by atoms with Crippen LogP contribution in [0.2, 0.25) is 0 Å². The number of aliphatic imine (C=N–C) groups is 1. The Morgan fingerprint density at radius 2 is 2.09 bits per heavy atom. The van der Waals surface area contributed by atoms with Gasteiger partial charge >= 0.3 is 0 Å². The van der Waals surface area contributed by atoms with Crippen LogP contribution in [0.25, 0.3) is 0 Å². The lowest BCUT2D eigenvalue weighted by atomic mass is 10.1. The predicted molar refractivity (Wildman–Crippen MR) is 52.3 cm³/mol. The van der Waals surface area contributed by atoms with E-state index in [1.54, 1.807) is 0 Å². The first-order valence-corrected chi connectivity index (χ1v) is 4.50. The molecule has 1 nitrogen and oxygen atoms in total. The zero-order valence-corrected chi connectivity index (χ0v) is 7.77. The summed E-state index contributed by atoms with van der Waals surface area (Å²) in [6.07, 6.45) is 6.80. The summed E-state index contributed by atoms with van der Waals surface area (Å²) in [5, 5.41) is 0. The van der Waals surface area contributed by atoms with Crippen molar-refractivity contribution in [3.63, 3.8) is 0 Å². The van der Waals surface area contributed by atoms with E-state index in [1.165, 1.54) is 25.0 Å². The molecule has 0 aliphatic heterocycles. The fourth-order valence-corrected chi connectivity index (χ4v) is 1.00. The van der Waals surface area contributed by atoms with Gasteiger partial charge in [-0.3, -0.25) is 4.99 Å². The third-order valence-corrected chi connectivity index (χ3v) is 1.63. The van der Waals surface area contributed by atoms with E-state index in [4.69, 9.17) is 0 Å². The van der Waals surface area contributed by atoms with Gasteiger partial charge in [0, 0.05) is 12.3 Å². The average Bonchev–Trinajstić information content (AvgIpc) is 2.03. The van der Waals surface area contributed by atoms with E-state index in [0.29, 0.717) is 0 Å². The van der Waals surface area contributed by atoms with Crippen LogP contribution in [-0.2, 0) is 0 Å². The molecule has 0 aromatic rings. The second-order valence-corrected chi connectivity index (χ2v) is 2.63. The topological polar surface area (TPSA) is 12.4 Å². The SMILES string of the molecule is C=CC(CCCCC)=NCC. The summed E-state index contributed by atoms with van der Waals surface area (Å²) < 4.78 is 0. The molecular formula is C10H19N. The summed E-state index contributed by atoms with van der Waals surface area (Å²) in [5.74, 6) is 0. The van der Waals surface area contributed by atoms with Crippen LogP contribution in [0.1, 0.15) is 39.5 Å². The van der Waals surface area contributed by atoms with E-state index in [2.05, 4.69) is 25.4 Å². The summed E-state index contributed by atoms with van der Waals surface area (Å²) in [7, 11) is 0. The van der Waals surface area contributed by atoms with Crippen LogP contribution in [0.5, 0.6) is 0 Å². The molecular weight excluding hydrogens is 134 g/mol. The number of hydrogen-bond acceptors (Lipinski definition) is 1. The number of allylic oxidation sites excluding steroid dienone is 1. The molecule has 0 amide bonds. The molecule has 0 aromatic carbocycles. The molecule has 0 radical (unpaired) electrons. The van der Waals surface area contributed by atoms with E-state index < -0.39 is 0 Å². The van der Waals surface area contributed by atoms with Gasteiger partial charge in [0.2, 0.25) is 0 Å². The van der Waals surface area contributed by atoms with Crippen molar-refractivity contribution < 1.29 is 0 Å². The molecule has 0 saturated carbocycles. The molecule has 0 fully saturated rings. The van der Waals surface area contributed by atoms with Crippen LogP contribution in [-0.4, -0.2) is 12.3 Å². The van der Waals surface area contributed by atoms with Crippen molar-refractivity contribution in [3.05, 3.63) is 12.7 Å². The van der Waals surface area contributed by atoms with E-state index >= 15 is 0 Å². The smallest absolute Gasteiger partial charge is 0.0364 e. The molecule has 0 saturated heterocycles. The van der Waals surface area contributed by atoms with Gasteiger partial charge in [-0.25, -0.2) is 0 Å². The van der Waals surface area contributed by atoms with Crippen LogP contribution < -0.4 is 0 Å². The van der Waals surface area contributed by atoms with Gasteiger partial charge in [0.1, 0.15) is 0 Å². The molecule has 0 aliphatic rings. The van der Waals surface area contributed by atoms with Gasteiger partial charge in [0.25, 0.3) is 0 Å². The van der Waals surface area contributed by atoms with Crippen molar-refractivity contribution >= 4 is 5.71 Å². The second kappa shape index (κ2) is 7.52. The molecule has 0 atom stereocenters. The van der Waals surface area contributed by atoms with Crippen LogP contribution in [0.15, 0.2) is 17.6 Å². The van der Waals surface area contributed by atoms with Crippen molar-refractivity contribution in [2.75, 3.05) is 6.54 Å². The molecule has 0 heterocycles. The Bertz CT molecular complexity index is 125. The van der Waals surface area contributed by atoms with Gasteiger partial charge < -0.3 is 0 Å². The van der Waals surface area contributed by atoms with Gasteiger partial charge in [-0.1, -0.05) is 26.3 Å². The maximum atomic E-state index is 4.31. The first-order valence-electron chi connectivity index (χ1n) is 4.50. The Morgan fingerprint density at radius 1 is 1.36 bits per heavy atom. The van der Waals surface area contributed by atoms with Crippen LogP contribution in [0, 0.1) is 0 Å². The van der Waals surface area contributed by atoms with Crippen molar-refractivity contribution in [1.29, 1.82) is 0 Å². The largest absolute Gasteiger partial charge is 0.290 e. The zero-order valence-electron chi connectivity index (χ0n) is 7.77. The number of nitrogens with zero attached hydrogens (tertiary/aromatic N) is 1. The average molecular weight is 153 g/mol. The predicted octanol–water partition coefficient (Wildman–Crippen LogP) is 3.21. The maximum Gasteiger partial charge on any atom is 0.0364 e. The number of hydrogen-bond donors (Lipinski definition) is 0. The quantitative estimate of drug-likeness (QED) is 0.410. The molecule has 0 aliphatic carbocycles. The Labute approximate surface area is 70.2 Å². The molecule has 11 heavy (non-hydrogen) atoms. The standard InChI is InChI=1S/C10H19N/c1-4-7-8-9-10(5-2)11-6-3/h5H,2,4,6-9H2,1,3H3. The molecule has 0 rings (SSSR count). The molecule has 0 bridgehead atoms. The molecule has 64 valence electrons. The van der Waals surface area contributed by atoms with E-state index in [9.17, 15) is 0 Å². The lowest BCUT2D eigenvalue weighted by Crippen LogP contribution is -1.93. The highest BCUT2D eigenvalue weighted by Gasteiger charge is 1.91. The van der Waals surface area contributed by atoms with Crippen molar-refractivity contribution in [1.82, 2.24) is 0 Å². The van der Waals surface area contributed by atoms with Crippen LogP contribution in [0.4, 0.5) is 0 Å². The van der Waals surface area contributed by atoms with Gasteiger partial charge in [-0.05, 0) is 25.8 Å². The monoisotopic (exact) mass is 153 g/mol. The summed E-state index contributed by atoms with van der Waals surface area (Å²) in [5.41, 5.74) is 1.17. The highest BCUT2D eigenvalue weighted by Crippen LogP contribution is 2.01. The van der Waals surface area contributed by atoms with Crippen molar-refractivity contribution in [2.24, 2.45) is 4.99 Å². The second-order valence-electron chi connectivity index (χ2n) is 2.63. The molecule has 1 heteroatoms. The van der Waals surface area contributed by atoms with E-state index in [0.717, 1.165) is 13.0 Å². The summed E-state index contributed by atoms with van der Waals surface area (Å²) in [6.45, 7) is 8.88. The van der Waals surface area contributed by atoms with Crippen LogP contribution >= 0.6 is 0 Å². The first-order chi connectivity index (χ1) is 5.35. The highest BCUT2D eigenvalue weighted by molar-refractivity contribution is 5.94. The molecule has 0 aromatic heterocycles. The van der Waals surface area contributed by atoms with Gasteiger partial charge in [-0.15, -0.1) is 0 Å². The maximum absolute atomic E-state index is 4.31. The molecule has 0 unspecified atom stereocenters.